The highest BCUT2D eigenvalue weighted by Crippen LogP contribution is 2.36. The third-order valence-electron chi connectivity index (χ3n) is 2.49. The molecule has 1 aliphatic rings. The lowest BCUT2D eigenvalue weighted by Gasteiger charge is -2.30. The molecule has 1 aliphatic carbocycles. The maximum Gasteiger partial charge on any atom is 0.0824 e. The molecule has 1 heterocycles. The smallest absolute Gasteiger partial charge is 0.0824 e. The Kier molecular flexibility index (Phi) is 2.13. The van der Waals surface area contributed by atoms with E-state index in [1.807, 2.05) is 24.5 Å². The van der Waals surface area contributed by atoms with Crippen LogP contribution in [0.25, 0.3) is 0 Å². The minimum Gasteiger partial charge on any atom is -0.399 e. The first-order valence-corrected chi connectivity index (χ1v) is 4.76. The molecule has 0 aliphatic heterocycles. The van der Waals surface area contributed by atoms with Gasteiger partial charge >= 0.3 is 0 Å². The third kappa shape index (κ3) is 1.35. The average molecular weight is 210 g/mol. The zero-order valence-corrected chi connectivity index (χ0v) is 8.38. The number of nitrogens with one attached hydrogen (secondary N) is 1. The van der Waals surface area contributed by atoms with Gasteiger partial charge in [0.2, 0.25) is 0 Å². The van der Waals surface area contributed by atoms with Gasteiger partial charge in [0.05, 0.1) is 5.54 Å². The molecule has 0 bridgehead atoms. The normalized spacial score (nSPS) is 27.0. The van der Waals surface area contributed by atoms with Crippen LogP contribution in [0.15, 0.2) is 41.3 Å². The van der Waals surface area contributed by atoms with Crippen LogP contribution < -0.4 is 11.5 Å². The molecule has 0 amide bonds. The van der Waals surface area contributed by atoms with Crippen molar-refractivity contribution in [3.8, 4) is 0 Å². The summed E-state index contributed by atoms with van der Waals surface area (Å²) in [5.41, 5.74) is 12.9. The van der Waals surface area contributed by atoms with Crippen molar-refractivity contribution < 1.29 is 0 Å². The van der Waals surface area contributed by atoms with Crippen molar-refractivity contribution in [2.75, 3.05) is 0 Å². The molecule has 0 aromatic carbocycles. The van der Waals surface area contributed by atoms with Crippen molar-refractivity contribution in [3.63, 3.8) is 0 Å². The van der Waals surface area contributed by atoms with E-state index in [0.29, 0.717) is 17.2 Å². The summed E-state index contributed by atoms with van der Waals surface area (Å²) >= 11 is 6.11. The van der Waals surface area contributed by atoms with Gasteiger partial charge in [0.15, 0.2) is 0 Å². The summed E-state index contributed by atoms with van der Waals surface area (Å²) in [6, 6.07) is 1.92. The number of halogens is 1. The number of allylic oxidation sites excluding steroid dienone is 1. The van der Waals surface area contributed by atoms with Gasteiger partial charge in [-0.15, -0.1) is 0 Å². The molecule has 1 aromatic heterocycles. The molecule has 74 valence electrons. The highest BCUT2D eigenvalue weighted by atomic mass is 35.5. The maximum atomic E-state index is 6.21. The second-order valence-electron chi connectivity index (χ2n) is 3.47. The number of nitrogens with two attached hydrogens (primary N) is 2. The van der Waals surface area contributed by atoms with Crippen LogP contribution in [-0.4, -0.2) is 4.98 Å². The minimum atomic E-state index is -0.621. The van der Waals surface area contributed by atoms with Gasteiger partial charge in [-0.3, -0.25) is 0 Å². The zero-order valence-electron chi connectivity index (χ0n) is 7.63. The molecule has 0 fully saturated rings. The van der Waals surface area contributed by atoms with Crippen molar-refractivity contribution in [1.82, 2.24) is 4.98 Å². The lowest BCUT2D eigenvalue weighted by molar-refractivity contribution is 0.550. The van der Waals surface area contributed by atoms with Crippen molar-refractivity contribution in [2.24, 2.45) is 11.5 Å². The van der Waals surface area contributed by atoms with Gasteiger partial charge in [0.1, 0.15) is 0 Å². The molecular formula is C10H12ClN3. The highest BCUT2D eigenvalue weighted by Gasteiger charge is 2.32. The van der Waals surface area contributed by atoms with E-state index in [4.69, 9.17) is 23.1 Å². The van der Waals surface area contributed by atoms with Gasteiger partial charge < -0.3 is 16.5 Å². The summed E-state index contributed by atoms with van der Waals surface area (Å²) in [4.78, 5) is 2.97. The Morgan fingerprint density at radius 1 is 1.50 bits per heavy atom. The molecular weight excluding hydrogens is 198 g/mol. The first-order chi connectivity index (χ1) is 6.63. The van der Waals surface area contributed by atoms with E-state index >= 15 is 0 Å². The van der Waals surface area contributed by atoms with Crippen LogP contribution in [0.5, 0.6) is 0 Å². The molecule has 4 heteroatoms. The molecule has 14 heavy (non-hydrogen) atoms. The summed E-state index contributed by atoms with van der Waals surface area (Å²) in [7, 11) is 0. The molecule has 0 spiro atoms. The number of aromatic nitrogens is 1. The maximum absolute atomic E-state index is 6.21. The van der Waals surface area contributed by atoms with E-state index in [0.717, 1.165) is 5.56 Å². The molecule has 0 saturated heterocycles. The Morgan fingerprint density at radius 3 is 2.86 bits per heavy atom. The summed E-state index contributed by atoms with van der Waals surface area (Å²) in [6.45, 7) is 0. The predicted octanol–water partition coefficient (Wildman–Crippen LogP) is 1.54. The largest absolute Gasteiger partial charge is 0.399 e. The molecule has 5 N–H and O–H groups in total. The summed E-state index contributed by atoms with van der Waals surface area (Å²) in [5.74, 6) is 0. The molecule has 0 saturated carbocycles. The number of hydrogen-bond donors (Lipinski definition) is 3. The van der Waals surface area contributed by atoms with Crippen LogP contribution in [-0.2, 0) is 5.54 Å². The van der Waals surface area contributed by atoms with Crippen LogP contribution in [0.3, 0.4) is 0 Å². The number of H-pyrrole nitrogens is 1. The Hall–Kier alpha value is -1.19. The Bertz CT molecular complexity index is 392. The van der Waals surface area contributed by atoms with E-state index in [1.165, 1.54) is 0 Å². The van der Waals surface area contributed by atoms with Gasteiger partial charge in [0.25, 0.3) is 0 Å². The van der Waals surface area contributed by atoms with Gasteiger partial charge in [-0.1, -0.05) is 17.7 Å². The summed E-state index contributed by atoms with van der Waals surface area (Å²) in [5, 5.41) is 0.581. The fraction of sp³-hybridized carbons (Fsp3) is 0.200. The van der Waals surface area contributed by atoms with Gasteiger partial charge in [-0.25, -0.2) is 0 Å². The van der Waals surface area contributed by atoms with Crippen molar-refractivity contribution in [3.05, 3.63) is 46.9 Å². The van der Waals surface area contributed by atoms with E-state index < -0.39 is 5.54 Å². The molecule has 0 radical (unpaired) electrons. The van der Waals surface area contributed by atoms with E-state index in [9.17, 15) is 0 Å². The van der Waals surface area contributed by atoms with Crippen molar-refractivity contribution >= 4 is 11.6 Å². The summed E-state index contributed by atoms with van der Waals surface area (Å²) < 4.78 is 0. The van der Waals surface area contributed by atoms with E-state index in [1.54, 1.807) is 6.08 Å². The summed E-state index contributed by atoms with van der Waals surface area (Å²) in [6.07, 6.45) is 7.91. The minimum absolute atomic E-state index is 0.581. The second kappa shape index (κ2) is 3.19. The molecule has 2 rings (SSSR count). The molecule has 3 nitrogen and oxygen atoms in total. The fourth-order valence-electron chi connectivity index (χ4n) is 1.57. The second-order valence-corrected chi connectivity index (χ2v) is 3.88. The predicted molar refractivity (Wildman–Crippen MR) is 57.5 cm³/mol. The van der Waals surface area contributed by atoms with Crippen LogP contribution in [0.2, 0.25) is 0 Å². The monoisotopic (exact) mass is 209 g/mol. The Morgan fingerprint density at radius 2 is 2.29 bits per heavy atom. The van der Waals surface area contributed by atoms with Gasteiger partial charge in [-0.05, 0) is 24.1 Å². The lowest BCUT2D eigenvalue weighted by Crippen LogP contribution is -2.38. The number of aromatic amines is 1. The fourth-order valence-corrected chi connectivity index (χ4v) is 1.88. The quantitative estimate of drug-likeness (QED) is 0.657. The molecule has 1 aromatic rings. The van der Waals surface area contributed by atoms with Crippen LogP contribution >= 0.6 is 11.6 Å². The van der Waals surface area contributed by atoms with E-state index in [-0.39, 0.29) is 0 Å². The molecule has 1 atom stereocenters. The average Bonchev–Trinajstić information content (AvgIpc) is 2.65. The standard InChI is InChI=1S/C10H12ClN3/c11-9-5-8(12)1-3-10(9,13)7-2-4-14-6-7/h1-2,4-6,14H,3,12-13H2. The lowest BCUT2D eigenvalue weighted by atomic mass is 9.85. The third-order valence-corrected chi connectivity index (χ3v) is 2.94. The number of rotatable bonds is 1. The highest BCUT2D eigenvalue weighted by molar-refractivity contribution is 6.31. The molecule has 1 unspecified atom stereocenters. The van der Waals surface area contributed by atoms with Crippen LogP contribution in [0.1, 0.15) is 12.0 Å². The SMILES string of the molecule is NC1=CCC(N)(c2cc[nH]c2)C(Cl)=C1. The Balaban J connectivity index is 2.41. The van der Waals surface area contributed by atoms with Crippen molar-refractivity contribution in [2.45, 2.75) is 12.0 Å². The van der Waals surface area contributed by atoms with Crippen molar-refractivity contribution in [1.29, 1.82) is 0 Å². The van der Waals surface area contributed by atoms with E-state index in [2.05, 4.69) is 4.98 Å². The first-order valence-electron chi connectivity index (χ1n) is 4.38. The first kappa shape index (κ1) is 9.37. The zero-order chi connectivity index (χ0) is 10.2. The Labute approximate surface area is 87.4 Å². The van der Waals surface area contributed by atoms with Gasteiger partial charge in [-0.2, -0.15) is 0 Å². The number of hydrogen-bond acceptors (Lipinski definition) is 2. The van der Waals surface area contributed by atoms with Crippen LogP contribution in [0.4, 0.5) is 0 Å². The van der Waals surface area contributed by atoms with Crippen LogP contribution in [0, 0.1) is 0 Å². The van der Waals surface area contributed by atoms with Gasteiger partial charge in [0, 0.05) is 23.1 Å². The topological polar surface area (TPSA) is 67.8 Å².